The van der Waals surface area contributed by atoms with Gasteiger partial charge in [0.05, 0.1) is 38.6 Å². The van der Waals surface area contributed by atoms with Crippen molar-refractivity contribution in [3.05, 3.63) is 12.2 Å². The second-order valence-electron chi connectivity index (χ2n) is 19.0. The first-order chi connectivity index (χ1) is 32.8. The van der Waals surface area contributed by atoms with Crippen molar-refractivity contribution in [2.75, 3.05) is 26.4 Å². The average Bonchev–Trinajstić information content (AvgIpc) is 3.33. The van der Waals surface area contributed by atoms with E-state index in [0.29, 0.717) is 12.8 Å². The maximum absolute atomic E-state index is 13.2. The second kappa shape index (κ2) is 34.8. The number of aliphatic hydroxyl groups excluding tert-OH is 11. The van der Waals surface area contributed by atoms with E-state index in [1.807, 2.05) is 0 Å². The van der Waals surface area contributed by atoms with Crippen LogP contribution in [0.4, 0.5) is 0 Å². The van der Waals surface area contributed by atoms with Gasteiger partial charge in [-0.05, 0) is 38.5 Å². The molecule has 400 valence electrons. The van der Waals surface area contributed by atoms with Crippen molar-refractivity contribution in [3.8, 4) is 0 Å². The number of ether oxygens (including phenoxy) is 6. The van der Waals surface area contributed by atoms with Crippen LogP contribution >= 0.6 is 0 Å². The van der Waals surface area contributed by atoms with Gasteiger partial charge in [-0.1, -0.05) is 129 Å². The van der Waals surface area contributed by atoms with E-state index >= 15 is 0 Å². The molecular weight excluding hydrogens is 891 g/mol. The fraction of sp³-hybridized carbons (Fsp3) is 0.939. The van der Waals surface area contributed by atoms with Crippen LogP contribution in [0.1, 0.15) is 162 Å². The lowest BCUT2D eigenvalue weighted by atomic mass is 9.96. The summed E-state index contributed by atoms with van der Waals surface area (Å²) in [5.74, 6) is -0.256. The molecule has 3 fully saturated rings. The third kappa shape index (κ3) is 20.6. The molecule has 0 saturated carbocycles. The van der Waals surface area contributed by atoms with Crippen molar-refractivity contribution in [2.24, 2.45) is 0 Å². The van der Waals surface area contributed by atoms with Gasteiger partial charge in [-0.3, -0.25) is 4.79 Å². The van der Waals surface area contributed by atoms with E-state index in [-0.39, 0.29) is 18.9 Å². The van der Waals surface area contributed by atoms with Crippen LogP contribution in [0, 0.1) is 0 Å². The molecule has 0 aliphatic carbocycles. The first-order valence-electron chi connectivity index (χ1n) is 25.9. The zero-order chi connectivity index (χ0) is 49.8. The summed E-state index contributed by atoms with van der Waals surface area (Å²) in [4.78, 5) is 13.2. The molecule has 17 atom stereocenters. The van der Waals surface area contributed by atoms with Crippen molar-refractivity contribution in [1.82, 2.24) is 5.32 Å². The Kier molecular flexibility index (Phi) is 31.1. The molecule has 1 amide bonds. The Morgan fingerprint density at radius 3 is 1.44 bits per heavy atom. The molecule has 0 spiro atoms. The molecule has 19 nitrogen and oxygen atoms in total. The van der Waals surface area contributed by atoms with E-state index in [1.54, 1.807) is 0 Å². The highest BCUT2D eigenvalue weighted by molar-refractivity contribution is 5.76. The number of allylic oxidation sites excluding steroid dienone is 2. The average molecular weight is 982 g/mol. The number of hydrogen-bond acceptors (Lipinski definition) is 18. The topological polar surface area (TPSA) is 307 Å². The molecule has 3 aliphatic rings. The predicted molar refractivity (Wildman–Crippen MR) is 250 cm³/mol. The Labute approximate surface area is 404 Å². The molecule has 3 rings (SSSR count). The summed E-state index contributed by atoms with van der Waals surface area (Å²) in [6.07, 6.45) is 1.85. The van der Waals surface area contributed by atoms with Gasteiger partial charge in [-0.2, -0.15) is 0 Å². The molecule has 17 unspecified atom stereocenters. The van der Waals surface area contributed by atoms with Crippen LogP contribution in [0.15, 0.2) is 12.2 Å². The van der Waals surface area contributed by atoms with Gasteiger partial charge in [0.2, 0.25) is 5.91 Å². The van der Waals surface area contributed by atoms with E-state index < -0.39 is 124 Å². The van der Waals surface area contributed by atoms with Crippen molar-refractivity contribution in [1.29, 1.82) is 0 Å². The molecule has 0 bridgehead atoms. The Morgan fingerprint density at radius 1 is 0.515 bits per heavy atom. The van der Waals surface area contributed by atoms with Crippen LogP contribution in [0.25, 0.3) is 0 Å². The van der Waals surface area contributed by atoms with Gasteiger partial charge in [0, 0.05) is 6.42 Å². The van der Waals surface area contributed by atoms with Gasteiger partial charge >= 0.3 is 0 Å². The second-order valence-corrected chi connectivity index (χ2v) is 19.0. The molecule has 3 heterocycles. The molecule has 68 heavy (non-hydrogen) atoms. The van der Waals surface area contributed by atoms with E-state index in [9.17, 15) is 61.0 Å². The van der Waals surface area contributed by atoms with Crippen LogP contribution in [-0.2, 0) is 33.2 Å². The molecule has 3 saturated heterocycles. The minimum atomic E-state index is -1.97. The number of aliphatic hydroxyl groups is 11. The van der Waals surface area contributed by atoms with E-state index in [4.69, 9.17) is 28.4 Å². The van der Waals surface area contributed by atoms with Crippen LogP contribution in [0.3, 0.4) is 0 Å². The molecule has 0 aromatic carbocycles. The minimum Gasteiger partial charge on any atom is -0.394 e. The van der Waals surface area contributed by atoms with Gasteiger partial charge in [0.1, 0.15) is 73.2 Å². The minimum absolute atomic E-state index is 0.256. The fourth-order valence-corrected chi connectivity index (χ4v) is 8.95. The lowest BCUT2D eigenvalue weighted by Crippen LogP contribution is -2.66. The van der Waals surface area contributed by atoms with Crippen LogP contribution in [0.2, 0.25) is 0 Å². The lowest BCUT2D eigenvalue weighted by molar-refractivity contribution is -0.379. The zero-order valence-electron chi connectivity index (χ0n) is 40.8. The Bertz CT molecular complexity index is 1310. The summed E-state index contributed by atoms with van der Waals surface area (Å²) in [5, 5.41) is 120. The monoisotopic (exact) mass is 982 g/mol. The van der Waals surface area contributed by atoms with Crippen LogP contribution in [0.5, 0.6) is 0 Å². The largest absolute Gasteiger partial charge is 0.394 e. The molecule has 0 aromatic rings. The number of unbranched alkanes of at least 4 members (excludes halogenated alkanes) is 18. The maximum atomic E-state index is 13.2. The van der Waals surface area contributed by atoms with E-state index in [1.165, 1.54) is 64.2 Å². The molecule has 12 N–H and O–H groups in total. The Morgan fingerprint density at radius 2 is 0.926 bits per heavy atom. The Hall–Kier alpha value is -1.47. The lowest BCUT2D eigenvalue weighted by Gasteiger charge is -2.48. The number of carbonyl (C=O) groups excluding carboxylic acids is 1. The number of nitrogens with one attached hydrogen (secondary N) is 1. The van der Waals surface area contributed by atoms with Gasteiger partial charge in [0.15, 0.2) is 18.9 Å². The molecule has 0 radical (unpaired) electrons. The highest BCUT2D eigenvalue weighted by Crippen LogP contribution is 2.33. The third-order valence-electron chi connectivity index (χ3n) is 13.3. The van der Waals surface area contributed by atoms with Crippen molar-refractivity contribution >= 4 is 5.91 Å². The quantitative estimate of drug-likeness (QED) is 0.0315. The maximum Gasteiger partial charge on any atom is 0.220 e. The summed E-state index contributed by atoms with van der Waals surface area (Å²) in [6, 6.07) is -0.884. The summed E-state index contributed by atoms with van der Waals surface area (Å²) in [6.45, 7) is 1.71. The van der Waals surface area contributed by atoms with Gasteiger partial charge in [0.25, 0.3) is 0 Å². The summed E-state index contributed by atoms with van der Waals surface area (Å²) >= 11 is 0. The normalized spacial score (nSPS) is 33.2. The predicted octanol–water partition coefficient (Wildman–Crippen LogP) is 1.87. The van der Waals surface area contributed by atoms with Gasteiger partial charge < -0.3 is 89.9 Å². The number of amides is 1. The highest BCUT2D eigenvalue weighted by Gasteiger charge is 2.53. The smallest absolute Gasteiger partial charge is 0.220 e. The standard InChI is InChI=1S/C49H91NO18/c1-3-5-7-9-11-13-15-16-17-19-21-23-25-27-37(55)50-32(33(54)26-24-22-20-18-14-12-10-8-6-4-2)31-63-47-43(61)40(58)45(35(29-52)65-47)68-49-44(62)41(59)46(36(30-53)66-49)67-48-42(60)39(57)38(56)34(28-51)64-48/h13,15,32-36,38-49,51-54,56-62H,3-12,14,16-31H2,1-2H3,(H,50,55)/b15-13-. The van der Waals surface area contributed by atoms with Gasteiger partial charge in [-0.25, -0.2) is 0 Å². The summed E-state index contributed by atoms with van der Waals surface area (Å²) in [7, 11) is 0. The third-order valence-corrected chi connectivity index (χ3v) is 13.3. The SMILES string of the molecule is CCCCCC/C=C\CCCCCCCC(=O)NC(COC1OC(CO)C(OC2OC(CO)C(OC3OC(CO)C(O)C(O)C3O)C(O)C2O)C(O)C1O)C(O)CCCCCCCCCCCC. The van der Waals surface area contributed by atoms with Crippen molar-refractivity contribution in [2.45, 2.75) is 266 Å². The first-order valence-corrected chi connectivity index (χ1v) is 25.9. The molecular formula is C49H91NO18. The van der Waals surface area contributed by atoms with Crippen molar-refractivity contribution < 1.29 is 89.4 Å². The van der Waals surface area contributed by atoms with Crippen LogP contribution in [-0.4, -0.2) is 193 Å². The highest BCUT2D eigenvalue weighted by atomic mass is 16.8. The zero-order valence-corrected chi connectivity index (χ0v) is 40.8. The Balaban J connectivity index is 1.55. The van der Waals surface area contributed by atoms with Gasteiger partial charge in [-0.15, -0.1) is 0 Å². The molecule has 19 heteroatoms. The molecule has 3 aliphatic heterocycles. The van der Waals surface area contributed by atoms with E-state index in [2.05, 4.69) is 31.3 Å². The summed E-state index contributed by atoms with van der Waals surface area (Å²) < 4.78 is 34.1. The van der Waals surface area contributed by atoms with Crippen molar-refractivity contribution in [3.63, 3.8) is 0 Å². The summed E-state index contributed by atoms with van der Waals surface area (Å²) in [5.41, 5.74) is 0. The fourth-order valence-electron chi connectivity index (χ4n) is 8.95. The van der Waals surface area contributed by atoms with Crippen LogP contribution < -0.4 is 5.32 Å². The van der Waals surface area contributed by atoms with E-state index in [0.717, 1.165) is 64.2 Å². The molecule has 0 aromatic heterocycles. The number of rotatable bonds is 36. The number of hydrogen-bond donors (Lipinski definition) is 12. The number of carbonyl (C=O) groups is 1. The first kappa shape index (κ1) is 60.8.